The number of hydrogen-bond donors (Lipinski definition) is 3. The fourth-order valence-electron chi connectivity index (χ4n) is 2.49. The number of rotatable bonds is 5. The van der Waals surface area contributed by atoms with Crippen molar-refractivity contribution in [3.63, 3.8) is 0 Å². The molecule has 1 aromatic heterocycles. The second-order valence-electron chi connectivity index (χ2n) is 6.38. The van der Waals surface area contributed by atoms with Crippen molar-refractivity contribution in [1.82, 2.24) is 15.8 Å². The molecule has 0 atom stereocenters. The van der Waals surface area contributed by atoms with E-state index >= 15 is 0 Å². The van der Waals surface area contributed by atoms with Gasteiger partial charge in [0, 0.05) is 17.3 Å². The first-order chi connectivity index (χ1) is 16.1. The number of amidine groups is 1. The predicted octanol–water partition coefficient (Wildman–Crippen LogP) is 4.43. The Morgan fingerprint density at radius 2 is 1.79 bits per heavy atom. The lowest BCUT2D eigenvalue weighted by atomic mass is 10.2. The minimum absolute atomic E-state index is 0.0276. The molecular weight excluding hydrogens is 464 g/mol. The summed E-state index contributed by atoms with van der Waals surface area (Å²) >= 11 is 0. The molecule has 0 saturated heterocycles. The van der Waals surface area contributed by atoms with Crippen LogP contribution in [-0.4, -0.2) is 28.1 Å². The number of alkyl halides is 3. The summed E-state index contributed by atoms with van der Waals surface area (Å²) in [5, 5.41) is 13.1. The van der Waals surface area contributed by atoms with Crippen LogP contribution < -0.4 is 20.9 Å². The van der Waals surface area contributed by atoms with Gasteiger partial charge in [-0.2, -0.15) is 0 Å². The summed E-state index contributed by atoms with van der Waals surface area (Å²) < 4.78 is 54.1. The van der Waals surface area contributed by atoms with Crippen molar-refractivity contribution >= 4 is 29.1 Å². The molecule has 1 heterocycles. The molecule has 0 bridgehead atoms. The number of amides is 2. The summed E-state index contributed by atoms with van der Waals surface area (Å²) in [7, 11) is 0. The number of anilines is 1. The van der Waals surface area contributed by atoms with Gasteiger partial charge in [-0.1, -0.05) is 12.1 Å². The number of aromatic nitrogens is 1. The Kier molecular flexibility index (Phi) is 7.20. The number of halogens is 4. The van der Waals surface area contributed by atoms with Crippen molar-refractivity contribution in [2.45, 2.75) is 6.36 Å². The molecule has 0 aliphatic carbocycles. The van der Waals surface area contributed by atoms with E-state index in [0.29, 0.717) is 0 Å². The van der Waals surface area contributed by atoms with Gasteiger partial charge in [0.25, 0.3) is 5.69 Å². The first-order valence-electron chi connectivity index (χ1n) is 9.23. The van der Waals surface area contributed by atoms with E-state index in [9.17, 15) is 32.5 Å². The molecule has 3 aromatic rings. The molecule has 34 heavy (non-hydrogen) atoms. The topological polar surface area (TPSA) is 131 Å². The van der Waals surface area contributed by atoms with Crippen molar-refractivity contribution in [3.05, 3.63) is 88.4 Å². The highest BCUT2D eigenvalue weighted by atomic mass is 19.4. The third kappa shape index (κ3) is 7.15. The van der Waals surface area contributed by atoms with E-state index in [4.69, 9.17) is 0 Å². The Hall–Kier alpha value is -4.75. The average Bonchev–Trinajstić information content (AvgIpc) is 2.77. The van der Waals surface area contributed by atoms with Crippen LogP contribution in [0.2, 0.25) is 0 Å². The van der Waals surface area contributed by atoms with E-state index in [1.54, 1.807) is 0 Å². The lowest BCUT2D eigenvalue weighted by Gasteiger charge is -2.13. The Morgan fingerprint density at radius 3 is 2.38 bits per heavy atom. The molecule has 0 fully saturated rings. The van der Waals surface area contributed by atoms with E-state index < -0.39 is 28.9 Å². The van der Waals surface area contributed by atoms with Gasteiger partial charge in [0.15, 0.2) is 11.7 Å². The van der Waals surface area contributed by atoms with Gasteiger partial charge in [-0.25, -0.2) is 19.2 Å². The van der Waals surface area contributed by atoms with Crippen molar-refractivity contribution in [2.75, 3.05) is 5.32 Å². The van der Waals surface area contributed by atoms with Crippen LogP contribution in [0, 0.1) is 15.9 Å². The van der Waals surface area contributed by atoms with Gasteiger partial charge in [-0.15, -0.1) is 13.2 Å². The molecule has 0 saturated carbocycles. The quantitative estimate of drug-likeness (QED) is 0.164. The molecule has 0 aliphatic rings. The fourth-order valence-corrected chi connectivity index (χ4v) is 2.49. The van der Waals surface area contributed by atoms with Crippen LogP contribution in [0.25, 0.3) is 0 Å². The zero-order valence-corrected chi connectivity index (χ0v) is 16.8. The number of hydrogen-bond acceptors (Lipinski definition) is 6. The Labute approximate surface area is 188 Å². The molecule has 176 valence electrons. The molecule has 0 spiro atoms. The van der Waals surface area contributed by atoms with Crippen LogP contribution in [0.15, 0.2) is 71.9 Å². The standard InChI is InChI=1S/C20H14F4N6O4/c21-13-3-1-2-12(10-13)18(27-17-9-6-15(11-25-17)30(32)33)28-29-19(31)26-14-4-7-16(8-5-14)34-20(22,23)24/h1-11H,(H,25,27,28)(H2,26,29,31). The highest BCUT2D eigenvalue weighted by Gasteiger charge is 2.30. The Morgan fingerprint density at radius 1 is 1.06 bits per heavy atom. The summed E-state index contributed by atoms with van der Waals surface area (Å²) in [6, 6.07) is 11.2. The third-order valence-electron chi connectivity index (χ3n) is 3.91. The maximum Gasteiger partial charge on any atom is 0.573 e. The number of urea groups is 1. The Balaban J connectivity index is 1.71. The molecule has 0 aliphatic heterocycles. The number of pyridine rings is 1. The molecule has 14 heteroatoms. The highest BCUT2D eigenvalue weighted by Crippen LogP contribution is 2.24. The van der Waals surface area contributed by atoms with Crippen molar-refractivity contribution in [3.8, 4) is 5.75 Å². The number of nitrogens with one attached hydrogen (secondary N) is 3. The van der Waals surface area contributed by atoms with Gasteiger partial charge in [-0.3, -0.25) is 21.0 Å². The molecular formula is C20H14F4N6O4. The molecule has 10 nitrogen and oxygen atoms in total. The van der Waals surface area contributed by atoms with Crippen molar-refractivity contribution < 1.29 is 32.0 Å². The van der Waals surface area contributed by atoms with E-state index in [1.165, 1.54) is 42.5 Å². The first-order valence-corrected chi connectivity index (χ1v) is 9.23. The third-order valence-corrected chi connectivity index (χ3v) is 3.91. The maximum atomic E-state index is 13.7. The molecule has 3 rings (SSSR count). The van der Waals surface area contributed by atoms with Crippen molar-refractivity contribution in [1.29, 1.82) is 0 Å². The number of carbonyl (C=O) groups excluding carboxylic acids is 1. The minimum atomic E-state index is -4.85. The zero-order chi connectivity index (χ0) is 24.7. The number of nitrogens with zero attached hydrogens (tertiary/aromatic N) is 3. The normalized spacial score (nSPS) is 11.5. The van der Waals surface area contributed by atoms with Crippen LogP contribution in [0.4, 0.5) is 39.5 Å². The summed E-state index contributed by atoms with van der Waals surface area (Å²) in [5.41, 5.74) is 4.84. The lowest BCUT2D eigenvalue weighted by Crippen LogP contribution is -2.44. The minimum Gasteiger partial charge on any atom is -0.406 e. The molecule has 0 unspecified atom stereocenters. The second kappa shape index (κ2) is 10.2. The highest BCUT2D eigenvalue weighted by molar-refractivity contribution is 6.01. The Bertz CT molecular complexity index is 1200. The van der Waals surface area contributed by atoms with Gasteiger partial charge in [0.1, 0.15) is 17.8 Å². The number of ether oxygens (including phenoxy) is 1. The number of nitro groups is 1. The van der Waals surface area contributed by atoms with Crippen LogP contribution >= 0.6 is 0 Å². The number of benzene rings is 2. The SMILES string of the molecule is O=C(NNC(=Nc1ccc([N+](=O)[O-])cn1)c1cccc(F)c1)Nc1ccc(OC(F)(F)F)cc1. The zero-order valence-electron chi connectivity index (χ0n) is 16.8. The monoisotopic (exact) mass is 478 g/mol. The van der Waals surface area contributed by atoms with E-state index in [0.717, 1.165) is 24.4 Å². The molecule has 2 amide bonds. The first kappa shape index (κ1) is 23.9. The van der Waals surface area contributed by atoms with Crippen molar-refractivity contribution in [2.24, 2.45) is 4.99 Å². The fraction of sp³-hybridized carbons (Fsp3) is 0.0500. The van der Waals surface area contributed by atoms with Gasteiger partial charge in [0.05, 0.1) is 4.92 Å². The maximum absolute atomic E-state index is 13.7. The molecule has 0 radical (unpaired) electrons. The van der Waals surface area contributed by atoms with Gasteiger partial charge in [0.2, 0.25) is 0 Å². The summed E-state index contributed by atoms with van der Waals surface area (Å²) in [6.07, 6.45) is -3.87. The number of carbonyl (C=O) groups is 1. The largest absolute Gasteiger partial charge is 0.573 e. The smallest absolute Gasteiger partial charge is 0.406 e. The predicted molar refractivity (Wildman–Crippen MR) is 112 cm³/mol. The van der Waals surface area contributed by atoms with Crippen LogP contribution in [0.3, 0.4) is 0 Å². The van der Waals surface area contributed by atoms with E-state index in [2.05, 4.69) is 30.9 Å². The van der Waals surface area contributed by atoms with Gasteiger partial charge < -0.3 is 10.1 Å². The van der Waals surface area contributed by atoms with Gasteiger partial charge >= 0.3 is 12.4 Å². The summed E-state index contributed by atoms with van der Waals surface area (Å²) in [6.45, 7) is 0. The number of hydrazine groups is 1. The van der Waals surface area contributed by atoms with E-state index in [1.807, 2.05) is 0 Å². The van der Waals surface area contributed by atoms with Crippen LogP contribution in [-0.2, 0) is 0 Å². The number of aliphatic imine (C=N–C) groups is 1. The van der Waals surface area contributed by atoms with Gasteiger partial charge in [-0.05, 0) is 42.5 Å². The second-order valence-corrected chi connectivity index (χ2v) is 6.38. The average molecular weight is 478 g/mol. The molecule has 2 aromatic carbocycles. The summed E-state index contributed by atoms with van der Waals surface area (Å²) in [4.78, 5) is 30.3. The van der Waals surface area contributed by atoms with E-state index in [-0.39, 0.29) is 28.6 Å². The summed E-state index contributed by atoms with van der Waals surface area (Å²) in [5.74, 6) is -1.08. The lowest BCUT2D eigenvalue weighted by molar-refractivity contribution is -0.385. The van der Waals surface area contributed by atoms with Crippen LogP contribution in [0.5, 0.6) is 5.75 Å². The molecule has 3 N–H and O–H groups in total. The van der Waals surface area contributed by atoms with Crippen LogP contribution in [0.1, 0.15) is 5.56 Å².